The van der Waals surface area contributed by atoms with Crippen molar-refractivity contribution >= 4 is 22.8 Å². The second-order valence-corrected chi connectivity index (χ2v) is 6.94. The number of fused-ring (bicyclic) bond motifs is 1. The molecule has 0 bridgehead atoms. The maximum Gasteiger partial charge on any atom is 0.311 e. The van der Waals surface area contributed by atoms with Gasteiger partial charge in [0, 0.05) is 30.1 Å². The van der Waals surface area contributed by atoms with Gasteiger partial charge in [0.25, 0.3) is 5.91 Å². The van der Waals surface area contributed by atoms with Gasteiger partial charge in [-0.2, -0.15) is 0 Å². The minimum Gasteiger partial charge on any atom is -0.497 e. The van der Waals surface area contributed by atoms with Crippen LogP contribution in [0.1, 0.15) is 32.3 Å². The quantitative estimate of drug-likeness (QED) is 0.767. The Balaban J connectivity index is 1.59. The number of esters is 1. The average molecular weight is 359 g/mol. The van der Waals surface area contributed by atoms with Gasteiger partial charge in [-0.05, 0) is 37.8 Å². The Bertz CT molecular complexity index is 789. The summed E-state index contributed by atoms with van der Waals surface area (Å²) in [7, 11) is 1.59. The molecule has 140 valence electrons. The Morgan fingerprint density at radius 1 is 1.31 bits per heavy atom. The summed E-state index contributed by atoms with van der Waals surface area (Å²) in [4.78, 5) is 26.5. The number of furan rings is 1. The van der Waals surface area contributed by atoms with Crippen molar-refractivity contribution in [3.63, 3.8) is 0 Å². The summed E-state index contributed by atoms with van der Waals surface area (Å²) in [5.74, 6) is 0.780. The third-order valence-corrected chi connectivity index (χ3v) is 4.95. The van der Waals surface area contributed by atoms with E-state index in [-0.39, 0.29) is 12.3 Å². The normalized spacial score (nSPS) is 16.5. The molecular weight excluding hydrogens is 334 g/mol. The van der Waals surface area contributed by atoms with Gasteiger partial charge < -0.3 is 18.8 Å². The standard InChI is InChI=1S/C20H25NO5/c1-13-6-8-21(9-7-13)20(23)14(2)26-19(22)10-15-12-25-18-11-16(24-3)4-5-17(15)18/h4-5,11-14H,6-10H2,1-3H3/t14-/m1/s1. The molecule has 0 N–H and O–H groups in total. The summed E-state index contributed by atoms with van der Waals surface area (Å²) in [6.07, 6.45) is 2.83. The predicted octanol–water partition coefficient (Wildman–Crippen LogP) is 3.17. The first-order chi connectivity index (χ1) is 12.5. The highest BCUT2D eigenvalue weighted by molar-refractivity contribution is 5.88. The number of piperidine rings is 1. The zero-order chi connectivity index (χ0) is 18.7. The van der Waals surface area contributed by atoms with Crippen LogP contribution in [0.5, 0.6) is 5.75 Å². The monoisotopic (exact) mass is 359 g/mol. The van der Waals surface area contributed by atoms with Crippen molar-refractivity contribution in [1.82, 2.24) is 4.90 Å². The van der Waals surface area contributed by atoms with Gasteiger partial charge >= 0.3 is 5.97 Å². The molecule has 1 saturated heterocycles. The molecule has 1 fully saturated rings. The number of carbonyl (C=O) groups is 2. The Morgan fingerprint density at radius 3 is 2.73 bits per heavy atom. The van der Waals surface area contributed by atoms with E-state index in [1.807, 2.05) is 12.1 Å². The molecule has 1 atom stereocenters. The minimum absolute atomic E-state index is 0.0635. The van der Waals surface area contributed by atoms with E-state index in [9.17, 15) is 9.59 Å². The first-order valence-corrected chi connectivity index (χ1v) is 9.00. The molecule has 6 heteroatoms. The molecule has 0 spiro atoms. The molecule has 0 unspecified atom stereocenters. The van der Waals surface area contributed by atoms with Crippen LogP contribution in [0, 0.1) is 5.92 Å². The van der Waals surface area contributed by atoms with Gasteiger partial charge in [0.15, 0.2) is 6.10 Å². The van der Waals surface area contributed by atoms with Gasteiger partial charge in [-0.1, -0.05) is 6.92 Å². The van der Waals surface area contributed by atoms with Crippen LogP contribution in [-0.2, 0) is 20.7 Å². The summed E-state index contributed by atoms with van der Waals surface area (Å²) >= 11 is 0. The fraction of sp³-hybridized carbons (Fsp3) is 0.500. The number of hydrogen-bond donors (Lipinski definition) is 0. The van der Waals surface area contributed by atoms with Crippen molar-refractivity contribution in [2.24, 2.45) is 5.92 Å². The molecule has 0 saturated carbocycles. The molecule has 0 radical (unpaired) electrons. The van der Waals surface area contributed by atoms with Gasteiger partial charge in [0.05, 0.1) is 19.8 Å². The molecule has 3 rings (SSSR count). The summed E-state index contributed by atoms with van der Waals surface area (Å²) < 4.78 is 16.0. The molecule has 1 aromatic heterocycles. The number of hydrogen-bond acceptors (Lipinski definition) is 5. The zero-order valence-electron chi connectivity index (χ0n) is 15.5. The lowest BCUT2D eigenvalue weighted by molar-refractivity contribution is -0.159. The van der Waals surface area contributed by atoms with Crippen molar-refractivity contribution < 1.29 is 23.5 Å². The van der Waals surface area contributed by atoms with Crippen LogP contribution < -0.4 is 4.74 Å². The average Bonchev–Trinajstić information content (AvgIpc) is 3.03. The smallest absolute Gasteiger partial charge is 0.311 e. The third-order valence-electron chi connectivity index (χ3n) is 4.95. The van der Waals surface area contributed by atoms with Crippen molar-refractivity contribution in [2.45, 2.75) is 39.2 Å². The van der Waals surface area contributed by atoms with Crippen molar-refractivity contribution in [3.05, 3.63) is 30.0 Å². The fourth-order valence-electron chi connectivity index (χ4n) is 3.26. The number of ether oxygens (including phenoxy) is 2. The lowest BCUT2D eigenvalue weighted by atomic mass is 9.99. The van der Waals surface area contributed by atoms with Gasteiger partial charge in [-0.3, -0.25) is 9.59 Å². The topological polar surface area (TPSA) is 69.0 Å². The lowest BCUT2D eigenvalue weighted by Gasteiger charge is -2.31. The minimum atomic E-state index is -0.769. The van der Waals surface area contributed by atoms with E-state index in [4.69, 9.17) is 13.9 Å². The molecular formula is C20H25NO5. The number of benzene rings is 1. The summed E-state index contributed by atoms with van der Waals surface area (Å²) in [6, 6.07) is 5.44. The van der Waals surface area contributed by atoms with Gasteiger partial charge in [0.1, 0.15) is 11.3 Å². The van der Waals surface area contributed by atoms with Crippen molar-refractivity contribution in [2.75, 3.05) is 20.2 Å². The number of amides is 1. The lowest BCUT2D eigenvalue weighted by Crippen LogP contribution is -2.44. The molecule has 0 aliphatic carbocycles. The maximum absolute atomic E-state index is 12.4. The first kappa shape index (κ1) is 18.3. The van der Waals surface area contributed by atoms with Gasteiger partial charge in [-0.25, -0.2) is 0 Å². The number of methoxy groups -OCH3 is 1. The van der Waals surface area contributed by atoms with Gasteiger partial charge in [-0.15, -0.1) is 0 Å². The number of nitrogens with zero attached hydrogens (tertiary/aromatic N) is 1. The maximum atomic E-state index is 12.4. The molecule has 1 aliphatic rings. The Hall–Kier alpha value is -2.50. The number of rotatable bonds is 5. The van der Waals surface area contributed by atoms with Crippen LogP contribution in [0.15, 0.2) is 28.9 Å². The highest BCUT2D eigenvalue weighted by Gasteiger charge is 2.27. The molecule has 26 heavy (non-hydrogen) atoms. The van der Waals surface area contributed by atoms with E-state index in [0.29, 0.717) is 17.3 Å². The van der Waals surface area contributed by atoms with Crippen LogP contribution in [-0.4, -0.2) is 43.1 Å². The summed E-state index contributed by atoms with van der Waals surface area (Å²) in [5, 5.41) is 0.840. The molecule has 6 nitrogen and oxygen atoms in total. The summed E-state index contributed by atoms with van der Waals surface area (Å²) in [6.45, 7) is 5.29. The highest BCUT2D eigenvalue weighted by Crippen LogP contribution is 2.26. The first-order valence-electron chi connectivity index (χ1n) is 9.00. The Labute approximate surface area is 153 Å². The second kappa shape index (κ2) is 7.81. The number of likely N-dealkylation sites (tertiary alicyclic amines) is 1. The molecule has 1 aliphatic heterocycles. The molecule has 1 aromatic carbocycles. The Kier molecular flexibility index (Phi) is 5.49. The van der Waals surface area contributed by atoms with E-state index >= 15 is 0 Å². The molecule has 1 amide bonds. The second-order valence-electron chi connectivity index (χ2n) is 6.94. The van der Waals surface area contributed by atoms with E-state index in [1.54, 1.807) is 31.3 Å². The van der Waals surface area contributed by atoms with Crippen LogP contribution in [0.25, 0.3) is 11.0 Å². The van der Waals surface area contributed by atoms with E-state index in [0.717, 1.165) is 36.9 Å². The zero-order valence-corrected chi connectivity index (χ0v) is 15.5. The fourth-order valence-corrected chi connectivity index (χ4v) is 3.26. The molecule has 2 heterocycles. The SMILES string of the molecule is COc1ccc2c(CC(=O)O[C@H](C)C(=O)N3CCC(C)CC3)coc2c1. The van der Waals surface area contributed by atoms with Gasteiger partial charge in [0.2, 0.25) is 0 Å². The third kappa shape index (κ3) is 4.00. The van der Waals surface area contributed by atoms with Crippen LogP contribution in [0.2, 0.25) is 0 Å². The highest BCUT2D eigenvalue weighted by atomic mass is 16.5. The van der Waals surface area contributed by atoms with Crippen LogP contribution in [0.3, 0.4) is 0 Å². The Morgan fingerprint density at radius 2 is 2.04 bits per heavy atom. The molecule has 2 aromatic rings. The summed E-state index contributed by atoms with van der Waals surface area (Å²) in [5.41, 5.74) is 1.39. The predicted molar refractivity (Wildman–Crippen MR) is 97.0 cm³/mol. The largest absolute Gasteiger partial charge is 0.497 e. The van der Waals surface area contributed by atoms with E-state index in [1.165, 1.54) is 0 Å². The van der Waals surface area contributed by atoms with E-state index in [2.05, 4.69) is 6.92 Å². The van der Waals surface area contributed by atoms with Crippen LogP contribution >= 0.6 is 0 Å². The van der Waals surface area contributed by atoms with Crippen molar-refractivity contribution in [3.8, 4) is 5.75 Å². The van der Waals surface area contributed by atoms with Crippen LogP contribution in [0.4, 0.5) is 0 Å². The van der Waals surface area contributed by atoms with Crippen molar-refractivity contribution in [1.29, 1.82) is 0 Å². The number of carbonyl (C=O) groups excluding carboxylic acids is 2. The van der Waals surface area contributed by atoms with E-state index < -0.39 is 12.1 Å².